The maximum atomic E-state index is 5.86. The minimum atomic E-state index is 0.186. The van der Waals surface area contributed by atoms with Gasteiger partial charge in [0.25, 0.3) is 0 Å². The highest BCUT2D eigenvalue weighted by Gasteiger charge is 2.09. The summed E-state index contributed by atoms with van der Waals surface area (Å²) >= 11 is 14.1. The van der Waals surface area contributed by atoms with Crippen molar-refractivity contribution < 1.29 is 4.74 Å². The van der Waals surface area contributed by atoms with Gasteiger partial charge in [-0.1, -0.05) is 23.8 Å². The van der Waals surface area contributed by atoms with Crippen LogP contribution in [0.25, 0.3) is 0 Å². The van der Waals surface area contributed by atoms with E-state index < -0.39 is 0 Å². The second-order valence-corrected chi connectivity index (χ2v) is 5.45. The van der Waals surface area contributed by atoms with E-state index in [1.54, 1.807) is 24.3 Å². The lowest BCUT2D eigenvalue weighted by molar-refractivity contribution is 0.437. The van der Waals surface area contributed by atoms with Crippen LogP contribution < -0.4 is 10.5 Å². The molecule has 1 aromatic heterocycles. The molecule has 0 amide bonds. The normalized spacial score (nSPS) is 10.3. The standard InChI is InChI=1S/C12H9BrClN3OS/c1-6-4-9(11(15)19)17-12(16-6)18-10-3-2-7(14)5-8(10)13/h2-5H,1H3,(H2,15,19). The molecular formula is C12H9BrClN3OS. The summed E-state index contributed by atoms with van der Waals surface area (Å²) in [7, 11) is 0. The Morgan fingerprint density at radius 1 is 1.37 bits per heavy atom. The van der Waals surface area contributed by atoms with Gasteiger partial charge in [0.2, 0.25) is 0 Å². The first-order valence-electron chi connectivity index (χ1n) is 5.24. The lowest BCUT2D eigenvalue weighted by Gasteiger charge is -2.08. The molecule has 0 unspecified atom stereocenters. The van der Waals surface area contributed by atoms with Crippen molar-refractivity contribution in [3.63, 3.8) is 0 Å². The van der Waals surface area contributed by atoms with Crippen LogP contribution >= 0.6 is 39.7 Å². The average Bonchev–Trinajstić information content (AvgIpc) is 2.32. The lowest BCUT2D eigenvalue weighted by atomic mass is 10.3. The molecule has 0 saturated heterocycles. The highest BCUT2D eigenvalue weighted by Crippen LogP contribution is 2.30. The van der Waals surface area contributed by atoms with E-state index in [1.807, 2.05) is 6.92 Å². The zero-order chi connectivity index (χ0) is 14.0. The third kappa shape index (κ3) is 3.62. The smallest absolute Gasteiger partial charge is 0.322 e. The van der Waals surface area contributed by atoms with E-state index in [0.29, 0.717) is 20.9 Å². The molecule has 7 heteroatoms. The summed E-state index contributed by atoms with van der Waals surface area (Å²) in [6.07, 6.45) is 0. The summed E-state index contributed by atoms with van der Waals surface area (Å²) in [4.78, 5) is 8.51. The lowest BCUT2D eigenvalue weighted by Crippen LogP contribution is -2.13. The van der Waals surface area contributed by atoms with Crippen LogP contribution in [0.2, 0.25) is 5.02 Å². The van der Waals surface area contributed by atoms with E-state index in [1.165, 1.54) is 0 Å². The Morgan fingerprint density at radius 2 is 2.11 bits per heavy atom. The fourth-order valence-corrected chi connectivity index (χ4v) is 2.24. The van der Waals surface area contributed by atoms with Crippen molar-refractivity contribution in [3.8, 4) is 11.8 Å². The highest BCUT2D eigenvalue weighted by molar-refractivity contribution is 9.10. The highest BCUT2D eigenvalue weighted by atomic mass is 79.9. The number of aromatic nitrogens is 2. The van der Waals surface area contributed by atoms with Crippen molar-refractivity contribution in [2.75, 3.05) is 0 Å². The summed E-state index contributed by atoms with van der Waals surface area (Å²) in [6, 6.07) is 7.04. The molecule has 0 aliphatic heterocycles. The maximum absolute atomic E-state index is 5.86. The predicted molar refractivity (Wildman–Crippen MR) is 81.9 cm³/mol. The van der Waals surface area contributed by atoms with Crippen molar-refractivity contribution in [1.29, 1.82) is 0 Å². The first-order chi connectivity index (χ1) is 8.95. The number of halogens is 2. The van der Waals surface area contributed by atoms with E-state index in [4.69, 9.17) is 34.3 Å². The minimum Gasteiger partial charge on any atom is -0.423 e. The minimum absolute atomic E-state index is 0.186. The van der Waals surface area contributed by atoms with E-state index >= 15 is 0 Å². The molecule has 19 heavy (non-hydrogen) atoms. The molecule has 0 radical (unpaired) electrons. The predicted octanol–water partition coefficient (Wildman–Crippen LogP) is 3.63. The van der Waals surface area contributed by atoms with Gasteiger partial charge in [-0.3, -0.25) is 0 Å². The number of nitrogens with zero attached hydrogens (tertiary/aromatic N) is 2. The third-order valence-corrected chi connectivity index (χ3v) is 3.25. The Kier molecular flexibility index (Phi) is 4.34. The van der Waals surface area contributed by atoms with E-state index in [-0.39, 0.29) is 11.0 Å². The number of aryl methyl sites for hydroxylation is 1. The number of thiocarbonyl (C=S) groups is 1. The summed E-state index contributed by atoms with van der Waals surface area (Å²) in [5, 5.41) is 0.605. The Hall–Kier alpha value is -1.24. The van der Waals surface area contributed by atoms with Crippen LogP contribution in [-0.2, 0) is 0 Å². The first-order valence-corrected chi connectivity index (χ1v) is 6.82. The van der Waals surface area contributed by atoms with Gasteiger partial charge in [-0.15, -0.1) is 0 Å². The van der Waals surface area contributed by atoms with Gasteiger partial charge in [-0.25, -0.2) is 4.98 Å². The summed E-state index contributed by atoms with van der Waals surface area (Å²) in [5.74, 6) is 0.559. The van der Waals surface area contributed by atoms with Gasteiger partial charge in [0.05, 0.1) is 4.47 Å². The summed E-state index contributed by atoms with van der Waals surface area (Å²) in [6.45, 7) is 1.81. The van der Waals surface area contributed by atoms with Crippen LogP contribution in [0.1, 0.15) is 11.4 Å². The molecule has 2 aromatic rings. The molecule has 4 nitrogen and oxygen atoms in total. The molecule has 0 spiro atoms. The van der Waals surface area contributed by atoms with Gasteiger partial charge in [-0.2, -0.15) is 4.98 Å². The quantitative estimate of drug-likeness (QED) is 0.849. The molecule has 98 valence electrons. The largest absolute Gasteiger partial charge is 0.423 e. The fraction of sp³-hybridized carbons (Fsp3) is 0.0833. The van der Waals surface area contributed by atoms with Crippen molar-refractivity contribution in [2.45, 2.75) is 6.92 Å². The van der Waals surface area contributed by atoms with Gasteiger partial charge >= 0.3 is 6.01 Å². The van der Waals surface area contributed by atoms with E-state index in [9.17, 15) is 0 Å². The van der Waals surface area contributed by atoms with Crippen LogP contribution in [0.5, 0.6) is 11.8 Å². The van der Waals surface area contributed by atoms with Crippen LogP contribution in [0.4, 0.5) is 0 Å². The first kappa shape index (κ1) is 14.2. The zero-order valence-corrected chi connectivity index (χ0v) is 13.0. The fourth-order valence-electron chi connectivity index (χ4n) is 1.37. The Morgan fingerprint density at radius 3 is 2.74 bits per heavy atom. The molecule has 0 aliphatic rings. The molecule has 0 bridgehead atoms. The van der Waals surface area contributed by atoms with Crippen LogP contribution in [-0.4, -0.2) is 15.0 Å². The SMILES string of the molecule is Cc1cc(C(N)=S)nc(Oc2ccc(Cl)cc2Br)n1. The molecule has 0 aliphatic carbocycles. The molecule has 0 atom stereocenters. The molecular weight excluding hydrogens is 350 g/mol. The number of nitrogens with two attached hydrogens (primary N) is 1. The van der Waals surface area contributed by atoms with E-state index in [0.717, 1.165) is 5.69 Å². The molecule has 0 fully saturated rings. The second-order valence-electron chi connectivity index (χ2n) is 3.72. The van der Waals surface area contributed by atoms with Gasteiger partial charge in [0, 0.05) is 10.7 Å². The monoisotopic (exact) mass is 357 g/mol. The van der Waals surface area contributed by atoms with Gasteiger partial charge in [0.15, 0.2) is 0 Å². The molecule has 1 aromatic carbocycles. The number of hydrogen-bond donors (Lipinski definition) is 1. The number of hydrogen-bond acceptors (Lipinski definition) is 4. The topological polar surface area (TPSA) is 61.0 Å². The molecule has 2 N–H and O–H groups in total. The molecule has 0 saturated carbocycles. The summed E-state index contributed by atoms with van der Waals surface area (Å²) in [5.41, 5.74) is 6.75. The summed E-state index contributed by atoms with van der Waals surface area (Å²) < 4.78 is 6.30. The van der Waals surface area contributed by atoms with Crippen molar-refractivity contribution >= 4 is 44.7 Å². The Labute approximate surface area is 129 Å². The number of benzene rings is 1. The van der Waals surface area contributed by atoms with Gasteiger partial charge < -0.3 is 10.5 Å². The number of ether oxygens (including phenoxy) is 1. The van der Waals surface area contributed by atoms with Crippen LogP contribution in [0.15, 0.2) is 28.7 Å². The second kappa shape index (κ2) is 5.81. The third-order valence-electron chi connectivity index (χ3n) is 2.18. The maximum Gasteiger partial charge on any atom is 0.322 e. The average molecular weight is 359 g/mol. The number of rotatable bonds is 3. The zero-order valence-electron chi connectivity index (χ0n) is 9.85. The van der Waals surface area contributed by atoms with Crippen LogP contribution in [0, 0.1) is 6.92 Å². The molecule has 2 rings (SSSR count). The van der Waals surface area contributed by atoms with Crippen molar-refractivity contribution in [2.24, 2.45) is 5.73 Å². The van der Waals surface area contributed by atoms with Gasteiger partial charge in [0.1, 0.15) is 16.4 Å². The van der Waals surface area contributed by atoms with Crippen LogP contribution in [0.3, 0.4) is 0 Å². The Bertz CT molecular complexity index is 651. The molecule has 1 heterocycles. The van der Waals surface area contributed by atoms with Crippen molar-refractivity contribution in [3.05, 3.63) is 45.1 Å². The van der Waals surface area contributed by atoms with Gasteiger partial charge in [-0.05, 0) is 47.1 Å². The Balaban J connectivity index is 2.35. The van der Waals surface area contributed by atoms with E-state index in [2.05, 4.69) is 25.9 Å². The van der Waals surface area contributed by atoms with Crippen molar-refractivity contribution in [1.82, 2.24) is 9.97 Å².